The smallest absolute Gasteiger partial charge is 0.408 e. The Bertz CT molecular complexity index is 741. The number of hydrogen-bond acceptors (Lipinski definition) is 7. The molecule has 3 N–H and O–H groups in total. The summed E-state index contributed by atoms with van der Waals surface area (Å²) in [7, 11) is 1.42. The van der Waals surface area contributed by atoms with E-state index >= 15 is 0 Å². The maximum Gasteiger partial charge on any atom is 0.408 e. The number of rotatable bonds is 5. The number of amides is 4. The minimum atomic E-state index is -0.836. The van der Waals surface area contributed by atoms with Crippen molar-refractivity contribution >= 4 is 47.2 Å². The maximum atomic E-state index is 12.4. The first-order chi connectivity index (χ1) is 14.5. The van der Waals surface area contributed by atoms with Gasteiger partial charge in [0.15, 0.2) is 0 Å². The summed E-state index contributed by atoms with van der Waals surface area (Å²) in [6.45, 7) is 5.58. The SMILES string of the molecule is COCC(=O)N1CC[C@H](NC(=O)C(=O)NC2=CCC(Cl)S2)[C@H](NC(=O)OC(C)(C)C)C1. The van der Waals surface area contributed by atoms with Gasteiger partial charge in [0.25, 0.3) is 0 Å². The number of alkyl carbamates (subject to hydrolysis) is 1. The lowest BCUT2D eigenvalue weighted by molar-refractivity contribution is -0.140. The largest absolute Gasteiger partial charge is 0.444 e. The molecule has 2 aliphatic heterocycles. The fourth-order valence-electron chi connectivity index (χ4n) is 3.09. The molecule has 31 heavy (non-hydrogen) atoms. The van der Waals surface area contributed by atoms with Crippen molar-refractivity contribution in [3.8, 4) is 0 Å². The predicted octanol–water partition coefficient (Wildman–Crippen LogP) is 0.903. The zero-order chi connectivity index (χ0) is 23.2. The Morgan fingerprint density at radius 3 is 2.48 bits per heavy atom. The van der Waals surface area contributed by atoms with Crippen LogP contribution in [0.2, 0.25) is 0 Å². The van der Waals surface area contributed by atoms with E-state index in [2.05, 4.69) is 16.0 Å². The lowest BCUT2D eigenvalue weighted by Gasteiger charge is -2.39. The third-order valence-electron chi connectivity index (χ3n) is 4.44. The highest BCUT2D eigenvalue weighted by molar-refractivity contribution is 8.05. The quantitative estimate of drug-likeness (QED) is 0.397. The minimum absolute atomic E-state index is 0.0903. The summed E-state index contributed by atoms with van der Waals surface area (Å²) in [4.78, 5) is 50.7. The Balaban J connectivity index is 2.02. The standard InChI is InChI=1S/C19H29ClN4O6S/c1-19(2,3)30-18(28)22-12-9-24(15(25)10-29-4)8-7-11(12)21-16(26)17(27)23-14-6-5-13(20)31-14/h6,11-13H,5,7-10H2,1-4H3,(H,21,26)(H,22,28)(H,23,27)/t11-,12+,13?/m0/s1. The summed E-state index contributed by atoms with van der Waals surface area (Å²) in [5, 5.41) is 8.41. The number of carbonyl (C=O) groups is 4. The van der Waals surface area contributed by atoms with Crippen LogP contribution in [0.1, 0.15) is 33.6 Å². The molecule has 1 unspecified atom stereocenters. The molecule has 0 aromatic rings. The molecule has 10 nitrogen and oxygen atoms in total. The van der Waals surface area contributed by atoms with Gasteiger partial charge in [0.2, 0.25) is 5.91 Å². The average molecular weight is 477 g/mol. The van der Waals surface area contributed by atoms with E-state index in [-0.39, 0.29) is 23.8 Å². The first-order valence-electron chi connectivity index (χ1n) is 9.87. The van der Waals surface area contributed by atoms with Crippen molar-refractivity contribution in [1.82, 2.24) is 20.9 Å². The first-order valence-corrected chi connectivity index (χ1v) is 11.2. The predicted molar refractivity (Wildman–Crippen MR) is 116 cm³/mol. The topological polar surface area (TPSA) is 126 Å². The number of allylic oxidation sites excluding steroid dienone is 1. The zero-order valence-corrected chi connectivity index (χ0v) is 19.6. The van der Waals surface area contributed by atoms with Gasteiger partial charge in [0, 0.05) is 20.2 Å². The van der Waals surface area contributed by atoms with Crippen LogP contribution in [0, 0.1) is 0 Å². The van der Waals surface area contributed by atoms with Crippen LogP contribution in [-0.2, 0) is 23.9 Å². The van der Waals surface area contributed by atoms with Crippen molar-refractivity contribution in [3.05, 3.63) is 11.1 Å². The molecule has 2 heterocycles. The van der Waals surface area contributed by atoms with E-state index in [1.165, 1.54) is 23.8 Å². The highest BCUT2D eigenvalue weighted by Crippen LogP contribution is 2.32. The number of thioether (sulfide) groups is 1. The maximum absolute atomic E-state index is 12.4. The molecular weight excluding hydrogens is 448 g/mol. The summed E-state index contributed by atoms with van der Waals surface area (Å²) in [6, 6.07) is -1.21. The Kier molecular flexibility index (Phi) is 9.01. The van der Waals surface area contributed by atoms with E-state index in [1.54, 1.807) is 26.8 Å². The van der Waals surface area contributed by atoms with Crippen molar-refractivity contribution < 1.29 is 28.7 Å². The van der Waals surface area contributed by atoms with Gasteiger partial charge in [0.05, 0.1) is 21.8 Å². The summed E-state index contributed by atoms with van der Waals surface area (Å²) in [6.07, 6.45) is 2.01. The highest BCUT2D eigenvalue weighted by atomic mass is 35.5. The number of piperidine rings is 1. The van der Waals surface area contributed by atoms with Crippen molar-refractivity contribution in [2.24, 2.45) is 0 Å². The van der Waals surface area contributed by atoms with Crippen LogP contribution in [0.3, 0.4) is 0 Å². The molecule has 0 saturated carbocycles. The number of halogens is 1. The molecule has 2 aliphatic rings. The van der Waals surface area contributed by atoms with E-state index in [0.717, 1.165) is 0 Å². The average Bonchev–Trinajstić information content (AvgIpc) is 3.06. The molecule has 2 rings (SSSR count). The van der Waals surface area contributed by atoms with Gasteiger partial charge in [-0.25, -0.2) is 4.79 Å². The van der Waals surface area contributed by atoms with Gasteiger partial charge < -0.3 is 30.3 Å². The molecule has 0 bridgehead atoms. The van der Waals surface area contributed by atoms with E-state index in [1.807, 2.05) is 0 Å². The fraction of sp³-hybridized carbons (Fsp3) is 0.684. The van der Waals surface area contributed by atoms with Gasteiger partial charge in [0.1, 0.15) is 12.2 Å². The lowest BCUT2D eigenvalue weighted by atomic mass is 9.99. The summed E-state index contributed by atoms with van der Waals surface area (Å²) < 4.78 is 10.0. The number of alkyl halides is 1. The Hall–Kier alpha value is -1.98. The van der Waals surface area contributed by atoms with E-state index in [9.17, 15) is 19.2 Å². The molecule has 12 heteroatoms. The monoisotopic (exact) mass is 476 g/mol. The van der Waals surface area contributed by atoms with E-state index < -0.39 is 35.6 Å². The molecular formula is C19H29ClN4O6S. The fourth-order valence-corrected chi connectivity index (χ4v) is 4.28. The van der Waals surface area contributed by atoms with Crippen molar-refractivity contribution in [2.45, 2.75) is 56.0 Å². The van der Waals surface area contributed by atoms with Crippen LogP contribution in [0.15, 0.2) is 11.1 Å². The Morgan fingerprint density at radius 2 is 1.90 bits per heavy atom. The molecule has 174 valence electrons. The molecule has 0 aromatic heterocycles. The van der Waals surface area contributed by atoms with Crippen LogP contribution in [0.5, 0.6) is 0 Å². The molecule has 0 spiro atoms. The van der Waals surface area contributed by atoms with Gasteiger partial charge in [-0.3, -0.25) is 14.4 Å². The number of ether oxygens (including phenoxy) is 2. The number of nitrogens with one attached hydrogen (secondary N) is 3. The molecule has 3 atom stereocenters. The number of likely N-dealkylation sites (tertiary alicyclic amines) is 1. The molecule has 0 aliphatic carbocycles. The summed E-state index contributed by atoms with van der Waals surface area (Å²) in [5.41, 5.74) is -0.712. The summed E-state index contributed by atoms with van der Waals surface area (Å²) >= 11 is 7.23. The minimum Gasteiger partial charge on any atom is -0.444 e. The third kappa shape index (κ3) is 8.23. The highest BCUT2D eigenvalue weighted by Gasteiger charge is 2.35. The van der Waals surface area contributed by atoms with Crippen molar-refractivity contribution in [3.63, 3.8) is 0 Å². The number of methoxy groups -OCH3 is 1. The van der Waals surface area contributed by atoms with Gasteiger partial charge in [-0.1, -0.05) is 17.8 Å². The van der Waals surface area contributed by atoms with Gasteiger partial charge >= 0.3 is 17.9 Å². The van der Waals surface area contributed by atoms with Crippen LogP contribution >= 0.6 is 23.4 Å². The second-order valence-electron chi connectivity index (χ2n) is 8.18. The zero-order valence-electron chi connectivity index (χ0n) is 18.0. The third-order valence-corrected chi connectivity index (χ3v) is 5.85. The number of carbonyl (C=O) groups excluding carboxylic acids is 4. The Labute approximate surface area is 190 Å². The second kappa shape index (κ2) is 11.1. The molecule has 4 amide bonds. The van der Waals surface area contributed by atoms with Crippen molar-refractivity contribution in [1.29, 1.82) is 0 Å². The van der Waals surface area contributed by atoms with Crippen LogP contribution in [0.25, 0.3) is 0 Å². The normalized spacial score (nSPS) is 23.6. The molecule has 1 saturated heterocycles. The first kappa shape index (κ1) is 25.3. The van der Waals surface area contributed by atoms with E-state index in [0.29, 0.717) is 24.4 Å². The van der Waals surface area contributed by atoms with E-state index in [4.69, 9.17) is 21.1 Å². The van der Waals surface area contributed by atoms with Crippen molar-refractivity contribution in [2.75, 3.05) is 26.8 Å². The van der Waals surface area contributed by atoms with Crippen LogP contribution in [0.4, 0.5) is 4.79 Å². The van der Waals surface area contributed by atoms with Gasteiger partial charge in [-0.2, -0.15) is 0 Å². The lowest BCUT2D eigenvalue weighted by Crippen LogP contribution is -2.63. The number of hydrogen-bond donors (Lipinski definition) is 3. The number of nitrogens with zero attached hydrogens (tertiary/aromatic N) is 1. The molecule has 1 fully saturated rings. The second-order valence-corrected chi connectivity index (χ2v) is 10.2. The van der Waals surface area contributed by atoms with Gasteiger partial charge in [-0.05, 0) is 33.6 Å². The van der Waals surface area contributed by atoms with Crippen LogP contribution in [-0.4, -0.2) is 77.9 Å². The summed E-state index contributed by atoms with van der Waals surface area (Å²) in [5.74, 6) is -1.89. The molecule has 0 aromatic carbocycles. The molecule has 0 radical (unpaired) electrons. The Morgan fingerprint density at radius 1 is 1.19 bits per heavy atom. The van der Waals surface area contributed by atoms with Gasteiger partial charge in [-0.15, -0.1) is 11.6 Å². The van der Waals surface area contributed by atoms with Crippen LogP contribution < -0.4 is 16.0 Å².